The standard InChI is InChI=1S/C22H23NO4S/c1-4-27-22(24)15-23(20-12-16(2)11-17(3)13-20)28(25,26)21-10-9-18-7-5-6-8-19(18)14-21/h5-14H,4,15H2,1-3H3. The largest absolute Gasteiger partial charge is 0.465 e. The number of sulfonamides is 1. The molecule has 0 N–H and O–H groups in total. The highest BCUT2D eigenvalue weighted by Gasteiger charge is 2.28. The van der Waals surface area contributed by atoms with Gasteiger partial charge in [-0.25, -0.2) is 8.42 Å². The zero-order valence-corrected chi connectivity index (χ0v) is 17.0. The van der Waals surface area contributed by atoms with Gasteiger partial charge in [0.25, 0.3) is 10.0 Å². The first-order valence-electron chi connectivity index (χ1n) is 9.06. The van der Waals surface area contributed by atoms with E-state index in [1.165, 1.54) is 0 Å². The minimum Gasteiger partial charge on any atom is -0.465 e. The van der Waals surface area contributed by atoms with E-state index in [0.29, 0.717) is 5.69 Å². The Kier molecular flexibility index (Phi) is 5.70. The second-order valence-corrected chi connectivity index (χ2v) is 8.53. The molecule has 0 radical (unpaired) electrons. The number of carbonyl (C=O) groups excluding carboxylic acids is 1. The molecular formula is C22H23NO4S. The summed E-state index contributed by atoms with van der Waals surface area (Å²) in [7, 11) is -3.96. The van der Waals surface area contributed by atoms with E-state index in [1.807, 2.05) is 44.2 Å². The van der Waals surface area contributed by atoms with Gasteiger partial charge in [-0.3, -0.25) is 9.10 Å². The maximum Gasteiger partial charge on any atom is 0.326 e. The number of benzene rings is 3. The average molecular weight is 397 g/mol. The third-order valence-corrected chi connectivity index (χ3v) is 6.15. The molecule has 0 spiro atoms. The van der Waals surface area contributed by atoms with Crippen LogP contribution in [0.4, 0.5) is 5.69 Å². The van der Waals surface area contributed by atoms with E-state index >= 15 is 0 Å². The Morgan fingerprint density at radius 2 is 1.57 bits per heavy atom. The van der Waals surface area contributed by atoms with Crippen molar-refractivity contribution in [3.8, 4) is 0 Å². The van der Waals surface area contributed by atoms with E-state index in [2.05, 4.69) is 0 Å². The molecule has 3 rings (SSSR count). The molecule has 146 valence electrons. The lowest BCUT2D eigenvalue weighted by atomic mass is 10.1. The number of esters is 1. The van der Waals surface area contributed by atoms with E-state index in [9.17, 15) is 13.2 Å². The third kappa shape index (κ3) is 4.17. The van der Waals surface area contributed by atoms with Gasteiger partial charge in [-0.1, -0.05) is 36.4 Å². The first-order valence-corrected chi connectivity index (χ1v) is 10.5. The first kappa shape index (κ1) is 19.9. The zero-order chi connectivity index (χ0) is 20.3. The fraction of sp³-hybridized carbons (Fsp3) is 0.227. The molecule has 0 saturated carbocycles. The summed E-state index contributed by atoms with van der Waals surface area (Å²) in [6.45, 7) is 5.28. The first-order chi connectivity index (χ1) is 13.3. The van der Waals surface area contributed by atoms with Crippen molar-refractivity contribution in [1.29, 1.82) is 0 Å². The molecule has 0 atom stereocenters. The topological polar surface area (TPSA) is 63.7 Å². The van der Waals surface area contributed by atoms with Crippen molar-refractivity contribution in [1.82, 2.24) is 0 Å². The molecule has 5 nitrogen and oxygen atoms in total. The molecule has 0 aliphatic rings. The average Bonchev–Trinajstić information content (AvgIpc) is 2.65. The van der Waals surface area contributed by atoms with Crippen LogP contribution in [-0.4, -0.2) is 27.5 Å². The summed E-state index contributed by atoms with van der Waals surface area (Å²) < 4.78 is 33.0. The summed E-state index contributed by atoms with van der Waals surface area (Å²) in [5, 5.41) is 1.77. The summed E-state index contributed by atoms with van der Waals surface area (Å²) in [4.78, 5) is 12.3. The molecular weight excluding hydrogens is 374 g/mol. The minimum absolute atomic E-state index is 0.134. The summed E-state index contributed by atoms with van der Waals surface area (Å²) in [6, 6.07) is 18.0. The Bertz CT molecular complexity index is 1100. The van der Waals surface area contributed by atoms with Crippen LogP contribution in [0.1, 0.15) is 18.1 Å². The Hall–Kier alpha value is -2.86. The van der Waals surface area contributed by atoms with Crippen molar-refractivity contribution >= 4 is 32.5 Å². The highest BCUT2D eigenvalue weighted by Crippen LogP contribution is 2.28. The molecule has 28 heavy (non-hydrogen) atoms. The molecule has 0 aliphatic carbocycles. The normalized spacial score (nSPS) is 11.4. The van der Waals surface area contributed by atoms with Crippen LogP contribution in [0.5, 0.6) is 0 Å². The zero-order valence-electron chi connectivity index (χ0n) is 16.2. The van der Waals surface area contributed by atoms with Gasteiger partial charge in [-0.15, -0.1) is 0 Å². The van der Waals surface area contributed by atoms with Crippen LogP contribution in [0.2, 0.25) is 0 Å². The Balaban J connectivity index is 2.11. The predicted molar refractivity (Wildman–Crippen MR) is 111 cm³/mol. The maximum absolute atomic E-state index is 13.5. The van der Waals surface area contributed by atoms with Crippen LogP contribution >= 0.6 is 0 Å². The van der Waals surface area contributed by atoms with Crippen LogP contribution in [0.3, 0.4) is 0 Å². The Morgan fingerprint density at radius 3 is 2.21 bits per heavy atom. The number of carbonyl (C=O) groups is 1. The van der Waals surface area contributed by atoms with Crippen molar-refractivity contribution in [2.24, 2.45) is 0 Å². The molecule has 6 heteroatoms. The van der Waals surface area contributed by atoms with Crippen LogP contribution in [-0.2, 0) is 19.6 Å². The molecule has 0 bridgehead atoms. The van der Waals surface area contributed by atoms with Crippen LogP contribution < -0.4 is 4.31 Å². The van der Waals surface area contributed by atoms with Crippen LogP contribution in [0, 0.1) is 13.8 Å². The molecule has 0 fully saturated rings. The second-order valence-electron chi connectivity index (χ2n) is 6.67. The molecule has 0 unspecified atom stereocenters. The van der Waals surface area contributed by atoms with Gasteiger partial charge >= 0.3 is 5.97 Å². The molecule has 0 aliphatic heterocycles. The SMILES string of the molecule is CCOC(=O)CN(c1cc(C)cc(C)c1)S(=O)(=O)c1ccc2ccccc2c1. The van der Waals surface area contributed by atoms with Crippen LogP contribution in [0.15, 0.2) is 65.6 Å². The second kappa shape index (κ2) is 8.02. The van der Waals surface area contributed by atoms with E-state index in [0.717, 1.165) is 26.2 Å². The molecule has 0 amide bonds. The van der Waals surface area contributed by atoms with Crippen molar-refractivity contribution in [2.75, 3.05) is 17.5 Å². The highest BCUT2D eigenvalue weighted by atomic mass is 32.2. The number of hydrogen-bond acceptors (Lipinski definition) is 4. The summed E-state index contributed by atoms with van der Waals surface area (Å²) in [6.07, 6.45) is 0. The number of fused-ring (bicyclic) bond motifs is 1. The van der Waals surface area contributed by atoms with Gasteiger partial charge in [0.2, 0.25) is 0 Å². The molecule has 3 aromatic rings. The van der Waals surface area contributed by atoms with Gasteiger partial charge in [0.1, 0.15) is 6.54 Å². The predicted octanol–water partition coefficient (Wildman–Crippen LogP) is 4.22. The third-order valence-electron chi connectivity index (χ3n) is 4.38. The number of nitrogens with zero attached hydrogens (tertiary/aromatic N) is 1. The highest BCUT2D eigenvalue weighted by molar-refractivity contribution is 7.92. The lowest BCUT2D eigenvalue weighted by Crippen LogP contribution is -2.36. The minimum atomic E-state index is -3.96. The summed E-state index contributed by atoms with van der Waals surface area (Å²) in [5.74, 6) is -0.592. The summed E-state index contributed by atoms with van der Waals surface area (Å²) in [5.41, 5.74) is 2.27. The number of hydrogen-bond donors (Lipinski definition) is 0. The van der Waals surface area contributed by atoms with E-state index in [-0.39, 0.29) is 18.0 Å². The van der Waals surface area contributed by atoms with E-state index < -0.39 is 16.0 Å². The summed E-state index contributed by atoms with van der Waals surface area (Å²) >= 11 is 0. The molecule has 0 saturated heterocycles. The lowest BCUT2D eigenvalue weighted by molar-refractivity contribution is -0.141. The van der Waals surface area contributed by atoms with Crippen LogP contribution in [0.25, 0.3) is 10.8 Å². The fourth-order valence-corrected chi connectivity index (χ4v) is 4.62. The fourth-order valence-electron chi connectivity index (χ4n) is 3.19. The monoisotopic (exact) mass is 397 g/mol. The Morgan fingerprint density at radius 1 is 0.929 bits per heavy atom. The molecule has 0 heterocycles. The van der Waals surface area contributed by atoms with Gasteiger partial charge < -0.3 is 4.74 Å². The Labute approximate surface area is 165 Å². The van der Waals surface area contributed by atoms with Gasteiger partial charge in [0.05, 0.1) is 17.2 Å². The number of aryl methyl sites for hydroxylation is 2. The van der Waals surface area contributed by atoms with Gasteiger partial charge in [-0.2, -0.15) is 0 Å². The maximum atomic E-state index is 13.5. The van der Waals surface area contributed by atoms with Crippen molar-refractivity contribution in [2.45, 2.75) is 25.7 Å². The molecule has 3 aromatic carbocycles. The van der Waals surface area contributed by atoms with Gasteiger partial charge in [0, 0.05) is 0 Å². The van der Waals surface area contributed by atoms with E-state index in [1.54, 1.807) is 37.3 Å². The van der Waals surface area contributed by atoms with Gasteiger partial charge in [-0.05, 0) is 66.9 Å². The number of rotatable bonds is 6. The molecule has 0 aromatic heterocycles. The van der Waals surface area contributed by atoms with Crippen molar-refractivity contribution < 1.29 is 17.9 Å². The smallest absolute Gasteiger partial charge is 0.326 e. The van der Waals surface area contributed by atoms with Gasteiger partial charge in [0.15, 0.2) is 0 Å². The van der Waals surface area contributed by atoms with Crippen molar-refractivity contribution in [3.63, 3.8) is 0 Å². The lowest BCUT2D eigenvalue weighted by Gasteiger charge is -2.24. The van der Waals surface area contributed by atoms with E-state index in [4.69, 9.17) is 4.74 Å². The number of anilines is 1. The number of ether oxygens (including phenoxy) is 1. The quantitative estimate of drug-likeness (QED) is 0.585. The van der Waals surface area contributed by atoms with Crippen molar-refractivity contribution in [3.05, 3.63) is 71.8 Å².